The Hall–Kier alpha value is -0.510. The highest BCUT2D eigenvalue weighted by Gasteiger charge is 2.14. The van der Waals surface area contributed by atoms with E-state index in [4.69, 9.17) is 9.47 Å². The Balaban J connectivity index is 0.00000312. The summed E-state index contributed by atoms with van der Waals surface area (Å²) < 4.78 is 11.4. The molecular weight excluding hydrogens is 449 g/mol. The minimum absolute atomic E-state index is 0. The molecular formula is C18H30IN3O2S. The number of benzene rings is 1. The van der Waals surface area contributed by atoms with Gasteiger partial charge in [0.25, 0.3) is 0 Å². The van der Waals surface area contributed by atoms with E-state index >= 15 is 0 Å². The molecule has 0 radical (unpaired) electrons. The van der Waals surface area contributed by atoms with Crippen molar-refractivity contribution in [2.24, 2.45) is 4.99 Å². The number of aliphatic imine (C=N–C) groups is 1. The van der Waals surface area contributed by atoms with Crippen LogP contribution in [0.4, 0.5) is 0 Å². The van der Waals surface area contributed by atoms with Crippen molar-refractivity contribution < 1.29 is 9.47 Å². The molecule has 25 heavy (non-hydrogen) atoms. The average molecular weight is 479 g/mol. The molecule has 0 unspecified atom stereocenters. The molecule has 2 rings (SSSR count). The summed E-state index contributed by atoms with van der Waals surface area (Å²) in [5.74, 6) is 1.91. The first-order valence-electron chi connectivity index (χ1n) is 8.52. The van der Waals surface area contributed by atoms with Crippen molar-refractivity contribution in [3.05, 3.63) is 35.4 Å². The molecule has 7 heteroatoms. The minimum Gasteiger partial charge on any atom is -0.381 e. The highest BCUT2D eigenvalue weighted by atomic mass is 127. The predicted molar refractivity (Wildman–Crippen MR) is 117 cm³/mol. The summed E-state index contributed by atoms with van der Waals surface area (Å²) in [7, 11) is 1.80. The van der Waals surface area contributed by atoms with Crippen LogP contribution in [0.1, 0.15) is 24.0 Å². The van der Waals surface area contributed by atoms with Crippen LogP contribution in [0.3, 0.4) is 0 Å². The number of thioether (sulfide) groups is 1. The standard InChI is InChI=1S/C18H29N3O2S.HI/c1-19-18(20-8-11-24-2)21-13-15-4-3-5-16(12-15)14-23-17-6-9-22-10-7-17;/h3-5,12,17H,6-11,13-14H2,1-2H3,(H2,19,20,21);1H. The third-order valence-electron chi connectivity index (χ3n) is 3.93. The van der Waals surface area contributed by atoms with E-state index in [0.29, 0.717) is 12.7 Å². The summed E-state index contributed by atoms with van der Waals surface area (Å²) in [6, 6.07) is 8.53. The van der Waals surface area contributed by atoms with Gasteiger partial charge in [-0.1, -0.05) is 24.3 Å². The summed E-state index contributed by atoms with van der Waals surface area (Å²) in [5.41, 5.74) is 2.45. The highest BCUT2D eigenvalue weighted by Crippen LogP contribution is 2.14. The van der Waals surface area contributed by atoms with Gasteiger partial charge in [0.2, 0.25) is 0 Å². The van der Waals surface area contributed by atoms with Gasteiger partial charge in [-0.2, -0.15) is 11.8 Å². The summed E-state index contributed by atoms with van der Waals surface area (Å²) in [6.07, 6.45) is 4.43. The average Bonchev–Trinajstić information content (AvgIpc) is 2.64. The van der Waals surface area contributed by atoms with E-state index in [1.807, 2.05) is 11.8 Å². The quantitative estimate of drug-likeness (QED) is 0.260. The molecule has 0 atom stereocenters. The Kier molecular flexibility index (Phi) is 12.3. The number of hydrogen-bond acceptors (Lipinski definition) is 4. The van der Waals surface area contributed by atoms with E-state index in [0.717, 1.165) is 50.9 Å². The molecule has 0 spiro atoms. The van der Waals surface area contributed by atoms with Crippen LogP contribution in [-0.2, 0) is 22.6 Å². The van der Waals surface area contributed by atoms with Gasteiger partial charge in [-0.05, 0) is 30.2 Å². The van der Waals surface area contributed by atoms with Crippen molar-refractivity contribution in [3.63, 3.8) is 0 Å². The Labute approximate surface area is 172 Å². The topological polar surface area (TPSA) is 54.9 Å². The SMILES string of the molecule is CN=C(NCCSC)NCc1cccc(COC2CCOCC2)c1.I. The number of halogens is 1. The van der Waals surface area contributed by atoms with E-state index in [9.17, 15) is 0 Å². The molecule has 5 nitrogen and oxygen atoms in total. The maximum Gasteiger partial charge on any atom is 0.191 e. The van der Waals surface area contributed by atoms with Crippen LogP contribution in [-0.4, -0.2) is 50.9 Å². The first-order valence-corrected chi connectivity index (χ1v) is 9.92. The zero-order valence-electron chi connectivity index (χ0n) is 15.1. The van der Waals surface area contributed by atoms with E-state index in [2.05, 4.69) is 46.1 Å². The molecule has 1 fully saturated rings. The first kappa shape index (κ1) is 22.5. The maximum atomic E-state index is 6.00. The molecule has 1 aromatic rings. The monoisotopic (exact) mass is 479 g/mol. The van der Waals surface area contributed by atoms with Gasteiger partial charge in [-0.25, -0.2) is 0 Å². The number of ether oxygens (including phenoxy) is 2. The molecule has 0 amide bonds. The molecule has 1 heterocycles. The molecule has 142 valence electrons. The summed E-state index contributed by atoms with van der Waals surface area (Å²) in [4.78, 5) is 4.24. The Morgan fingerprint density at radius 3 is 2.76 bits per heavy atom. The zero-order chi connectivity index (χ0) is 17.0. The van der Waals surface area contributed by atoms with Crippen molar-refractivity contribution >= 4 is 41.7 Å². The fraction of sp³-hybridized carbons (Fsp3) is 0.611. The summed E-state index contributed by atoms with van der Waals surface area (Å²) in [6.45, 7) is 3.97. The Bertz CT molecular complexity index is 511. The van der Waals surface area contributed by atoms with Gasteiger partial charge in [-0.3, -0.25) is 4.99 Å². The predicted octanol–water partition coefficient (Wildman–Crippen LogP) is 3.03. The number of nitrogens with one attached hydrogen (secondary N) is 2. The van der Waals surface area contributed by atoms with Crippen molar-refractivity contribution in [1.29, 1.82) is 0 Å². The summed E-state index contributed by atoms with van der Waals surface area (Å²) >= 11 is 1.82. The van der Waals surface area contributed by atoms with E-state index < -0.39 is 0 Å². The van der Waals surface area contributed by atoms with Crippen molar-refractivity contribution in [1.82, 2.24) is 10.6 Å². The first-order chi connectivity index (χ1) is 11.8. The van der Waals surface area contributed by atoms with Gasteiger partial charge in [0.15, 0.2) is 5.96 Å². The van der Waals surface area contributed by atoms with Crippen molar-refractivity contribution in [2.45, 2.75) is 32.1 Å². The largest absolute Gasteiger partial charge is 0.381 e. The van der Waals surface area contributed by atoms with E-state index in [1.54, 1.807) is 7.05 Å². The molecule has 1 aliphatic heterocycles. The van der Waals surface area contributed by atoms with Crippen molar-refractivity contribution in [3.8, 4) is 0 Å². The molecule has 1 aliphatic rings. The lowest BCUT2D eigenvalue weighted by Gasteiger charge is -2.22. The molecule has 0 aromatic heterocycles. The molecule has 1 aromatic carbocycles. The smallest absolute Gasteiger partial charge is 0.191 e. The second kappa shape index (κ2) is 13.7. The number of rotatable bonds is 8. The number of guanidine groups is 1. The second-order valence-corrected chi connectivity index (χ2v) is 6.77. The van der Waals surface area contributed by atoms with Crippen molar-refractivity contribution in [2.75, 3.05) is 38.8 Å². The molecule has 0 aliphatic carbocycles. The van der Waals surface area contributed by atoms with Gasteiger partial charge in [0.1, 0.15) is 0 Å². The normalized spacial score (nSPS) is 15.5. The lowest BCUT2D eigenvalue weighted by Crippen LogP contribution is -2.37. The van der Waals surface area contributed by atoms with Gasteiger partial charge in [-0.15, -0.1) is 24.0 Å². The fourth-order valence-electron chi connectivity index (χ4n) is 2.56. The van der Waals surface area contributed by atoms with E-state index in [1.165, 1.54) is 11.1 Å². The van der Waals surface area contributed by atoms with Gasteiger partial charge in [0, 0.05) is 39.1 Å². The van der Waals surface area contributed by atoms with Crippen LogP contribution in [0, 0.1) is 0 Å². The minimum atomic E-state index is 0. The number of nitrogens with zero attached hydrogens (tertiary/aromatic N) is 1. The van der Waals surface area contributed by atoms with E-state index in [-0.39, 0.29) is 24.0 Å². The van der Waals surface area contributed by atoms with Crippen LogP contribution < -0.4 is 10.6 Å². The van der Waals surface area contributed by atoms with Gasteiger partial charge in [0.05, 0.1) is 12.7 Å². The van der Waals surface area contributed by atoms with Crippen LogP contribution in [0.25, 0.3) is 0 Å². The fourth-order valence-corrected chi connectivity index (χ4v) is 2.87. The summed E-state index contributed by atoms with van der Waals surface area (Å²) in [5, 5.41) is 6.65. The van der Waals surface area contributed by atoms with Crippen LogP contribution in [0.15, 0.2) is 29.3 Å². The Morgan fingerprint density at radius 1 is 1.28 bits per heavy atom. The maximum absolute atomic E-state index is 6.00. The van der Waals surface area contributed by atoms with Gasteiger partial charge < -0.3 is 20.1 Å². The molecule has 0 bridgehead atoms. The Morgan fingerprint density at radius 2 is 2.04 bits per heavy atom. The van der Waals surface area contributed by atoms with Gasteiger partial charge >= 0.3 is 0 Å². The molecule has 2 N–H and O–H groups in total. The third kappa shape index (κ3) is 9.12. The second-order valence-electron chi connectivity index (χ2n) is 5.79. The molecule has 1 saturated heterocycles. The van der Waals surface area contributed by atoms with Crippen LogP contribution in [0.5, 0.6) is 0 Å². The zero-order valence-corrected chi connectivity index (χ0v) is 18.3. The number of hydrogen-bond donors (Lipinski definition) is 2. The third-order valence-corrected chi connectivity index (χ3v) is 4.54. The van der Waals surface area contributed by atoms with Crippen LogP contribution >= 0.6 is 35.7 Å². The highest BCUT2D eigenvalue weighted by molar-refractivity contribution is 14.0. The van der Waals surface area contributed by atoms with Crippen LogP contribution in [0.2, 0.25) is 0 Å². The lowest BCUT2D eigenvalue weighted by atomic mass is 10.1. The lowest BCUT2D eigenvalue weighted by molar-refractivity contribution is -0.0390. The molecule has 0 saturated carbocycles.